The van der Waals surface area contributed by atoms with Crippen LogP contribution in [0.3, 0.4) is 0 Å². The van der Waals surface area contributed by atoms with Crippen LogP contribution in [0.4, 0.5) is 0 Å². The molecule has 0 aromatic heterocycles. The SMILES string of the molecule is COCc1cccc(C(=O)OCc2cc(OC)ccc2OC)c1. The van der Waals surface area contributed by atoms with E-state index in [1.807, 2.05) is 6.07 Å². The fourth-order valence-corrected chi connectivity index (χ4v) is 2.18. The molecule has 2 rings (SSSR count). The summed E-state index contributed by atoms with van der Waals surface area (Å²) in [6.07, 6.45) is 0. The van der Waals surface area contributed by atoms with Gasteiger partial charge in [-0.1, -0.05) is 12.1 Å². The molecule has 122 valence electrons. The summed E-state index contributed by atoms with van der Waals surface area (Å²) in [5.41, 5.74) is 2.15. The summed E-state index contributed by atoms with van der Waals surface area (Å²) in [7, 11) is 4.76. The third kappa shape index (κ3) is 4.47. The first-order valence-electron chi connectivity index (χ1n) is 7.14. The lowest BCUT2D eigenvalue weighted by Crippen LogP contribution is -2.07. The number of benzene rings is 2. The summed E-state index contributed by atoms with van der Waals surface area (Å²) in [6, 6.07) is 12.5. The number of ether oxygens (including phenoxy) is 4. The zero-order chi connectivity index (χ0) is 16.7. The lowest BCUT2D eigenvalue weighted by atomic mass is 10.1. The van der Waals surface area contributed by atoms with Crippen molar-refractivity contribution >= 4 is 5.97 Å². The van der Waals surface area contributed by atoms with Crippen LogP contribution < -0.4 is 9.47 Å². The first-order valence-corrected chi connectivity index (χ1v) is 7.14. The quantitative estimate of drug-likeness (QED) is 0.734. The minimum absolute atomic E-state index is 0.105. The molecule has 0 saturated carbocycles. The summed E-state index contributed by atoms with van der Waals surface area (Å²) in [5.74, 6) is 0.929. The van der Waals surface area contributed by atoms with Crippen LogP contribution in [0.5, 0.6) is 11.5 Å². The lowest BCUT2D eigenvalue weighted by molar-refractivity contribution is 0.0469. The maximum Gasteiger partial charge on any atom is 0.338 e. The van der Waals surface area contributed by atoms with Crippen LogP contribution in [-0.4, -0.2) is 27.3 Å². The summed E-state index contributed by atoms with van der Waals surface area (Å²) in [6.45, 7) is 0.554. The molecule has 0 saturated heterocycles. The van der Waals surface area contributed by atoms with Crippen molar-refractivity contribution < 1.29 is 23.7 Å². The largest absolute Gasteiger partial charge is 0.497 e. The van der Waals surface area contributed by atoms with Crippen LogP contribution in [-0.2, 0) is 22.7 Å². The molecule has 0 aliphatic carbocycles. The summed E-state index contributed by atoms with van der Waals surface area (Å²) >= 11 is 0. The minimum atomic E-state index is -0.396. The van der Waals surface area contributed by atoms with Crippen molar-refractivity contribution in [2.75, 3.05) is 21.3 Å². The molecule has 0 atom stereocenters. The fourth-order valence-electron chi connectivity index (χ4n) is 2.18. The van der Waals surface area contributed by atoms with Gasteiger partial charge in [0.05, 0.1) is 26.4 Å². The minimum Gasteiger partial charge on any atom is -0.497 e. The highest BCUT2D eigenvalue weighted by Crippen LogP contribution is 2.25. The van der Waals surface area contributed by atoms with E-state index in [1.54, 1.807) is 57.7 Å². The van der Waals surface area contributed by atoms with Gasteiger partial charge in [-0.3, -0.25) is 0 Å². The summed E-state index contributed by atoms with van der Waals surface area (Å²) < 4.78 is 20.9. The van der Waals surface area contributed by atoms with E-state index in [0.29, 0.717) is 23.7 Å². The monoisotopic (exact) mass is 316 g/mol. The van der Waals surface area contributed by atoms with Crippen LogP contribution in [0.1, 0.15) is 21.5 Å². The Bertz CT molecular complexity index is 666. The topological polar surface area (TPSA) is 54.0 Å². The van der Waals surface area contributed by atoms with E-state index in [9.17, 15) is 4.79 Å². The summed E-state index contributed by atoms with van der Waals surface area (Å²) in [5, 5.41) is 0. The zero-order valence-corrected chi connectivity index (χ0v) is 13.5. The molecular formula is C18H20O5. The average molecular weight is 316 g/mol. The third-order valence-electron chi connectivity index (χ3n) is 3.32. The second-order valence-electron chi connectivity index (χ2n) is 4.89. The zero-order valence-electron chi connectivity index (χ0n) is 13.5. The Morgan fingerprint density at radius 1 is 0.957 bits per heavy atom. The van der Waals surface area contributed by atoms with Crippen LogP contribution in [0, 0.1) is 0 Å². The molecule has 2 aromatic carbocycles. The van der Waals surface area contributed by atoms with E-state index < -0.39 is 5.97 Å². The maximum atomic E-state index is 12.2. The molecule has 2 aromatic rings. The third-order valence-corrected chi connectivity index (χ3v) is 3.32. The second kappa shape index (κ2) is 8.19. The Kier molecular flexibility index (Phi) is 6.00. The van der Waals surface area contributed by atoms with Crippen molar-refractivity contribution in [3.8, 4) is 11.5 Å². The van der Waals surface area contributed by atoms with Crippen molar-refractivity contribution in [1.82, 2.24) is 0 Å². The highest BCUT2D eigenvalue weighted by Gasteiger charge is 2.11. The molecule has 23 heavy (non-hydrogen) atoms. The smallest absolute Gasteiger partial charge is 0.338 e. The Hall–Kier alpha value is -2.53. The second-order valence-corrected chi connectivity index (χ2v) is 4.89. The molecule has 0 radical (unpaired) electrons. The van der Waals surface area contributed by atoms with Crippen molar-refractivity contribution in [2.24, 2.45) is 0 Å². The Labute approximate surface area is 135 Å². The van der Waals surface area contributed by atoms with Crippen LogP contribution in [0.15, 0.2) is 42.5 Å². The first-order chi connectivity index (χ1) is 11.2. The Balaban J connectivity index is 2.08. The molecule has 0 spiro atoms. The number of carbonyl (C=O) groups excluding carboxylic acids is 1. The standard InChI is InChI=1S/C18H20O5/c1-20-11-13-5-4-6-14(9-13)18(19)23-12-15-10-16(21-2)7-8-17(15)22-3/h4-10H,11-12H2,1-3H3. The van der Waals surface area contributed by atoms with E-state index in [4.69, 9.17) is 18.9 Å². The maximum absolute atomic E-state index is 12.2. The van der Waals surface area contributed by atoms with Gasteiger partial charge >= 0.3 is 5.97 Å². The van der Waals surface area contributed by atoms with Crippen LogP contribution in [0.2, 0.25) is 0 Å². The van der Waals surface area contributed by atoms with Crippen molar-refractivity contribution in [2.45, 2.75) is 13.2 Å². The van der Waals surface area contributed by atoms with Crippen molar-refractivity contribution in [3.63, 3.8) is 0 Å². The summed E-state index contributed by atoms with van der Waals surface area (Å²) in [4.78, 5) is 12.2. The van der Waals surface area contributed by atoms with Gasteiger partial charge in [0.25, 0.3) is 0 Å². The average Bonchev–Trinajstić information content (AvgIpc) is 2.59. The van der Waals surface area contributed by atoms with Gasteiger partial charge in [-0.2, -0.15) is 0 Å². The van der Waals surface area contributed by atoms with Crippen LogP contribution in [0.25, 0.3) is 0 Å². The number of methoxy groups -OCH3 is 3. The molecule has 5 heteroatoms. The molecule has 0 heterocycles. The van der Waals surface area contributed by atoms with Gasteiger partial charge in [0.2, 0.25) is 0 Å². The molecule has 5 nitrogen and oxygen atoms in total. The van der Waals surface area contributed by atoms with Crippen molar-refractivity contribution in [3.05, 3.63) is 59.2 Å². The molecule has 0 N–H and O–H groups in total. The van der Waals surface area contributed by atoms with E-state index in [-0.39, 0.29) is 6.61 Å². The number of rotatable bonds is 7. The molecule has 0 aliphatic rings. The van der Waals surface area contributed by atoms with E-state index in [2.05, 4.69) is 0 Å². The van der Waals surface area contributed by atoms with E-state index in [0.717, 1.165) is 11.1 Å². The Morgan fingerprint density at radius 3 is 2.48 bits per heavy atom. The van der Waals surface area contributed by atoms with Gasteiger partial charge in [0.15, 0.2) is 0 Å². The number of carbonyl (C=O) groups is 1. The number of hydrogen-bond acceptors (Lipinski definition) is 5. The lowest BCUT2D eigenvalue weighted by Gasteiger charge is -2.11. The van der Waals surface area contributed by atoms with Gasteiger partial charge in [-0.25, -0.2) is 4.79 Å². The van der Waals surface area contributed by atoms with E-state index in [1.165, 1.54) is 0 Å². The number of hydrogen-bond donors (Lipinski definition) is 0. The molecule has 0 unspecified atom stereocenters. The molecular weight excluding hydrogens is 296 g/mol. The molecule has 0 fully saturated rings. The van der Waals surface area contributed by atoms with Gasteiger partial charge in [0, 0.05) is 12.7 Å². The van der Waals surface area contributed by atoms with Gasteiger partial charge in [0.1, 0.15) is 18.1 Å². The van der Waals surface area contributed by atoms with Gasteiger partial charge < -0.3 is 18.9 Å². The first kappa shape index (κ1) is 16.8. The predicted octanol–water partition coefficient (Wildman–Crippen LogP) is 3.21. The number of esters is 1. The molecule has 0 aliphatic heterocycles. The highest BCUT2D eigenvalue weighted by molar-refractivity contribution is 5.89. The van der Waals surface area contributed by atoms with Crippen molar-refractivity contribution in [1.29, 1.82) is 0 Å². The normalized spacial score (nSPS) is 10.2. The van der Waals surface area contributed by atoms with E-state index >= 15 is 0 Å². The highest BCUT2D eigenvalue weighted by atomic mass is 16.5. The van der Waals surface area contributed by atoms with Gasteiger partial charge in [-0.15, -0.1) is 0 Å². The fraction of sp³-hybridized carbons (Fsp3) is 0.278. The predicted molar refractivity (Wildman–Crippen MR) is 85.8 cm³/mol. The molecule has 0 bridgehead atoms. The van der Waals surface area contributed by atoms with Crippen LogP contribution >= 0.6 is 0 Å². The Morgan fingerprint density at radius 2 is 1.78 bits per heavy atom. The molecule has 0 amide bonds. The van der Waals surface area contributed by atoms with Gasteiger partial charge in [-0.05, 0) is 35.9 Å².